The minimum atomic E-state index is -0.0889. The highest BCUT2D eigenvalue weighted by Crippen LogP contribution is 2.53. The van der Waals surface area contributed by atoms with E-state index < -0.39 is 0 Å². The molecule has 106 valence electrons. The van der Waals surface area contributed by atoms with Crippen LogP contribution >= 0.6 is 0 Å². The standard InChI is InChI=1S/C17H20O3/c1-10-5-4-6-17(2)9-12-11(7-13(10)17)14(18)8-15(20-3)16(12)19/h5,8,13H,4,6-7,9H2,1-3H3/t13-,17-/m0/s1. The molecule has 0 amide bonds. The van der Waals surface area contributed by atoms with Gasteiger partial charge < -0.3 is 4.74 Å². The molecular formula is C17H20O3. The molecule has 3 rings (SSSR count). The lowest BCUT2D eigenvalue weighted by molar-refractivity contribution is -0.119. The second-order valence-electron chi connectivity index (χ2n) is 6.44. The number of methoxy groups -OCH3 is 1. The summed E-state index contributed by atoms with van der Waals surface area (Å²) in [5.41, 5.74) is 2.88. The molecule has 0 fully saturated rings. The first kappa shape index (κ1) is 13.3. The highest BCUT2D eigenvalue weighted by molar-refractivity contribution is 6.22. The molecule has 3 heteroatoms. The van der Waals surface area contributed by atoms with E-state index in [0.29, 0.717) is 29.9 Å². The fraction of sp³-hybridized carbons (Fsp3) is 0.529. The van der Waals surface area contributed by atoms with Gasteiger partial charge >= 0.3 is 0 Å². The van der Waals surface area contributed by atoms with Crippen LogP contribution < -0.4 is 0 Å². The van der Waals surface area contributed by atoms with E-state index in [4.69, 9.17) is 4.74 Å². The number of carbonyl (C=O) groups excluding carboxylic acids is 2. The minimum absolute atomic E-state index is 0.0446. The van der Waals surface area contributed by atoms with Crippen molar-refractivity contribution in [3.63, 3.8) is 0 Å². The topological polar surface area (TPSA) is 43.4 Å². The van der Waals surface area contributed by atoms with Gasteiger partial charge in [-0.2, -0.15) is 0 Å². The van der Waals surface area contributed by atoms with Crippen LogP contribution in [0.15, 0.2) is 34.6 Å². The fourth-order valence-corrected chi connectivity index (χ4v) is 3.99. The van der Waals surface area contributed by atoms with Crippen LogP contribution in [-0.2, 0) is 14.3 Å². The Labute approximate surface area is 119 Å². The largest absolute Gasteiger partial charge is 0.493 e. The molecule has 0 N–H and O–H groups in total. The average molecular weight is 272 g/mol. The van der Waals surface area contributed by atoms with Crippen molar-refractivity contribution in [1.29, 1.82) is 0 Å². The molecule has 3 aliphatic rings. The number of Topliss-reactive ketones (excluding diaryl/α,β-unsaturated/α-hetero) is 1. The van der Waals surface area contributed by atoms with E-state index in [1.54, 1.807) is 0 Å². The summed E-state index contributed by atoms with van der Waals surface area (Å²) < 4.78 is 5.06. The van der Waals surface area contributed by atoms with E-state index in [-0.39, 0.29) is 22.7 Å². The zero-order chi connectivity index (χ0) is 14.5. The molecule has 0 saturated carbocycles. The molecule has 20 heavy (non-hydrogen) atoms. The third-order valence-corrected chi connectivity index (χ3v) is 5.20. The van der Waals surface area contributed by atoms with Crippen molar-refractivity contribution in [3.05, 3.63) is 34.6 Å². The highest BCUT2D eigenvalue weighted by Gasteiger charge is 2.46. The lowest BCUT2D eigenvalue weighted by atomic mass is 9.58. The summed E-state index contributed by atoms with van der Waals surface area (Å²) in [7, 11) is 1.45. The number of allylic oxidation sites excluding steroid dienone is 5. The predicted molar refractivity (Wildman–Crippen MR) is 76.0 cm³/mol. The number of ketones is 2. The molecule has 0 unspecified atom stereocenters. The Bertz CT molecular complexity index is 591. The van der Waals surface area contributed by atoms with E-state index in [9.17, 15) is 9.59 Å². The van der Waals surface area contributed by atoms with Gasteiger partial charge in [0.15, 0.2) is 11.5 Å². The van der Waals surface area contributed by atoms with Crippen molar-refractivity contribution < 1.29 is 14.3 Å². The van der Waals surface area contributed by atoms with Gasteiger partial charge in [0.1, 0.15) is 0 Å². The molecule has 0 heterocycles. The third-order valence-electron chi connectivity index (χ3n) is 5.20. The van der Waals surface area contributed by atoms with Crippen LogP contribution in [0.3, 0.4) is 0 Å². The highest BCUT2D eigenvalue weighted by atomic mass is 16.5. The molecule has 2 atom stereocenters. The van der Waals surface area contributed by atoms with Gasteiger partial charge in [-0.3, -0.25) is 9.59 Å². The van der Waals surface area contributed by atoms with Crippen molar-refractivity contribution in [2.24, 2.45) is 11.3 Å². The van der Waals surface area contributed by atoms with Gasteiger partial charge in [-0.1, -0.05) is 18.6 Å². The van der Waals surface area contributed by atoms with Crippen LogP contribution in [0.5, 0.6) is 0 Å². The van der Waals surface area contributed by atoms with Crippen molar-refractivity contribution in [3.8, 4) is 0 Å². The zero-order valence-electron chi connectivity index (χ0n) is 12.3. The summed E-state index contributed by atoms with van der Waals surface area (Å²) in [4.78, 5) is 24.7. The van der Waals surface area contributed by atoms with Crippen molar-refractivity contribution in [2.75, 3.05) is 7.11 Å². The van der Waals surface area contributed by atoms with Gasteiger partial charge in [-0.05, 0) is 43.9 Å². The quantitative estimate of drug-likeness (QED) is 0.544. The van der Waals surface area contributed by atoms with E-state index in [1.807, 2.05) is 0 Å². The predicted octanol–water partition coefficient (Wildman–Crippen LogP) is 3.12. The number of ether oxygens (including phenoxy) is 1. The van der Waals surface area contributed by atoms with Crippen molar-refractivity contribution >= 4 is 11.6 Å². The lowest BCUT2D eigenvalue weighted by Crippen LogP contribution is -2.39. The first-order chi connectivity index (χ1) is 9.46. The van der Waals surface area contributed by atoms with Gasteiger partial charge in [0, 0.05) is 17.2 Å². The van der Waals surface area contributed by atoms with Gasteiger partial charge in [0.25, 0.3) is 0 Å². The number of hydrogen-bond acceptors (Lipinski definition) is 3. The van der Waals surface area contributed by atoms with Crippen LogP contribution in [0.4, 0.5) is 0 Å². The molecule has 0 aromatic carbocycles. The lowest BCUT2D eigenvalue weighted by Gasteiger charge is -2.46. The molecule has 0 aromatic rings. The maximum atomic E-state index is 12.4. The van der Waals surface area contributed by atoms with Gasteiger partial charge in [0.2, 0.25) is 5.78 Å². The van der Waals surface area contributed by atoms with Crippen LogP contribution in [0.1, 0.15) is 39.5 Å². The first-order valence-electron chi connectivity index (χ1n) is 7.19. The van der Waals surface area contributed by atoms with Crippen LogP contribution in [0.25, 0.3) is 0 Å². The van der Waals surface area contributed by atoms with E-state index in [2.05, 4.69) is 19.9 Å². The molecule has 0 saturated heterocycles. The molecule has 0 aliphatic heterocycles. The van der Waals surface area contributed by atoms with E-state index in [0.717, 1.165) is 12.8 Å². The molecule has 3 aliphatic carbocycles. The molecular weight excluding hydrogens is 252 g/mol. The van der Waals surface area contributed by atoms with E-state index in [1.165, 1.54) is 18.8 Å². The first-order valence-corrected chi connectivity index (χ1v) is 7.19. The number of hydrogen-bond donors (Lipinski definition) is 0. The molecule has 0 aromatic heterocycles. The number of rotatable bonds is 1. The van der Waals surface area contributed by atoms with Gasteiger partial charge in [-0.15, -0.1) is 0 Å². The summed E-state index contributed by atoms with van der Waals surface area (Å²) in [6.07, 6.45) is 7.18. The Morgan fingerprint density at radius 1 is 1.30 bits per heavy atom. The Morgan fingerprint density at radius 3 is 2.75 bits per heavy atom. The Balaban J connectivity index is 2.04. The van der Waals surface area contributed by atoms with Crippen LogP contribution in [0.2, 0.25) is 0 Å². The zero-order valence-corrected chi connectivity index (χ0v) is 12.3. The van der Waals surface area contributed by atoms with Crippen LogP contribution in [-0.4, -0.2) is 18.7 Å². The summed E-state index contributed by atoms with van der Waals surface area (Å²) in [5, 5.41) is 0. The Morgan fingerprint density at radius 2 is 2.05 bits per heavy atom. The van der Waals surface area contributed by atoms with Crippen molar-refractivity contribution in [1.82, 2.24) is 0 Å². The molecule has 0 bridgehead atoms. The minimum Gasteiger partial charge on any atom is -0.493 e. The SMILES string of the molecule is COC1=CC(=O)C2=C(C[C@]3(C)CCC=C(C)[C@@H]3C2)C1=O. The maximum absolute atomic E-state index is 12.4. The maximum Gasteiger partial charge on any atom is 0.224 e. The second kappa shape index (κ2) is 4.44. The fourth-order valence-electron chi connectivity index (χ4n) is 3.99. The van der Waals surface area contributed by atoms with Gasteiger partial charge in [-0.25, -0.2) is 0 Å². The summed E-state index contributed by atoms with van der Waals surface area (Å²) in [6, 6.07) is 0. The Kier molecular flexibility index (Phi) is 2.96. The van der Waals surface area contributed by atoms with Crippen molar-refractivity contribution in [2.45, 2.75) is 39.5 Å². The Hall–Kier alpha value is -1.64. The summed E-state index contributed by atoms with van der Waals surface area (Å²) in [5.74, 6) is 0.453. The molecule has 0 spiro atoms. The summed E-state index contributed by atoms with van der Waals surface area (Å²) in [6.45, 7) is 4.40. The number of fused-ring (bicyclic) bond motifs is 1. The third kappa shape index (κ3) is 1.80. The van der Waals surface area contributed by atoms with Gasteiger partial charge in [0.05, 0.1) is 7.11 Å². The number of carbonyl (C=O) groups is 2. The summed E-state index contributed by atoms with van der Waals surface area (Å²) >= 11 is 0. The monoisotopic (exact) mass is 272 g/mol. The normalized spacial score (nSPS) is 33.2. The molecule has 3 nitrogen and oxygen atoms in total. The van der Waals surface area contributed by atoms with E-state index >= 15 is 0 Å². The average Bonchev–Trinajstić information content (AvgIpc) is 2.41. The second-order valence-corrected chi connectivity index (χ2v) is 6.44. The molecule has 0 radical (unpaired) electrons. The smallest absolute Gasteiger partial charge is 0.224 e. The van der Waals surface area contributed by atoms with Crippen LogP contribution in [0, 0.1) is 11.3 Å².